The van der Waals surface area contributed by atoms with E-state index in [0.717, 1.165) is 16.1 Å². The van der Waals surface area contributed by atoms with E-state index in [-0.39, 0.29) is 11.9 Å². The quantitative estimate of drug-likeness (QED) is 0.752. The molecule has 0 saturated heterocycles. The summed E-state index contributed by atoms with van der Waals surface area (Å²) in [5, 5.41) is 6.70. The fourth-order valence-electron chi connectivity index (χ4n) is 1.54. The SMILES string of the molecule is COCCNC(=O)C(C)NCc1ccc(C)c(Cl)c1. The average Bonchev–Trinajstić information content (AvgIpc) is 2.40. The molecule has 0 aromatic heterocycles. The maximum absolute atomic E-state index is 11.7. The van der Waals surface area contributed by atoms with E-state index in [1.165, 1.54) is 0 Å². The molecule has 19 heavy (non-hydrogen) atoms. The van der Waals surface area contributed by atoms with Crippen LogP contribution in [0.5, 0.6) is 0 Å². The first-order valence-electron chi connectivity index (χ1n) is 6.29. The molecule has 2 N–H and O–H groups in total. The van der Waals surface area contributed by atoms with E-state index in [0.29, 0.717) is 19.7 Å². The zero-order valence-corrected chi connectivity index (χ0v) is 12.4. The molecule has 0 saturated carbocycles. The van der Waals surface area contributed by atoms with Crippen LogP contribution in [0.2, 0.25) is 5.02 Å². The minimum atomic E-state index is -0.253. The number of benzene rings is 1. The Hall–Kier alpha value is -1.10. The molecule has 1 aromatic rings. The average molecular weight is 285 g/mol. The van der Waals surface area contributed by atoms with Crippen molar-refractivity contribution in [2.45, 2.75) is 26.4 Å². The molecule has 1 atom stereocenters. The van der Waals surface area contributed by atoms with E-state index in [1.807, 2.05) is 32.0 Å². The van der Waals surface area contributed by atoms with Gasteiger partial charge in [0.25, 0.3) is 0 Å². The molecular weight excluding hydrogens is 264 g/mol. The fourth-order valence-corrected chi connectivity index (χ4v) is 1.74. The van der Waals surface area contributed by atoms with Gasteiger partial charge in [0, 0.05) is 25.2 Å². The number of hydrogen-bond acceptors (Lipinski definition) is 3. The molecule has 5 heteroatoms. The number of methoxy groups -OCH3 is 1. The third-order valence-corrected chi connectivity index (χ3v) is 3.25. The van der Waals surface area contributed by atoms with Crippen molar-refractivity contribution >= 4 is 17.5 Å². The minimum absolute atomic E-state index is 0.0322. The van der Waals surface area contributed by atoms with E-state index >= 15 is 0 Å². The van der Waals surface area contributed by atoms with Gasteiger partial charge in [-0.15, -0.1) is 0 Å². The second kappa shape index (κ2) is 8.15. The fraction of sp³-hybridized carbons (Fsp3) is 0.500. The lowest BCUT2D eigenvalue weighted by molar-refractivity contribution is -0.122. The molecule has 0 bridgehead atoms. The van der Waals surface area contributed by atoms with Crippen molar-refractivity contribution in [1.29, 1.82) is 0 Å². The second-order valence-corrected chi connectivity index (χ2v) is 4.88. The highest BCUT2D eigenvalue weighted by Gasteiger charge is 2.11. The molecular formula is C14H21ClN2O2. The molecule has 1 aromatic carbocycles. The number of carbonyl (C=O) groups excluding carboxylic acids is 1. The smallest absolute Gasteiger partial charge is 0.236 e. The number of carbonyl (C=O) groups is 1. The van der Waals surface area contributed by atoms with E-state index < -0.39 is 0 Å². The van der Waals surface area contributed by atoms with Crippen LogP contribution < -0.4 is 10.6 Å². The molecule has 1 rings (SSSR count). The monoisotopic (exact) mass is 284 g/mol. The number of aryl methyl sites for hydroxylation is 1. The molecule has 1 unspecified atom stereocenters. The van der Waals surface area contributed by atoms with Gasteiger partial charge in [0.2, 0.25) is 5.91 Å². The normalized spacial score (nSPS) is 12.2. The molecule has 1 amide bonds. The van der Waals surface area contributed by atoms with Crippen LogP contribution in [-0.2, 0) is 16.1 Å². The molecule has 0 spiro atoms. The second-order valence-electron chi connectivity index (χ2n) is 4.47. The Morgan fingerprint density at radius 3 is 2.84 bits per heavy atom. The summed E-state index contributed by atoms with van der Waals surface area (Å²) in [4.78, 5) is 11.7. The van der Waals surface area contributed by atoms with E-state index in [4.69, 9.17) is 16.3 Å². The van der Waals surface area contributed by atoms with Crippen molar-refractivity contribution < 1.29 is 9.53 Å². The van der Waals surface area contributed by atoms with Gasteiger partial charge in [0.05, 0.1) is 12.6 Å². The predicted octanol–water partition coefficient (Wildman–Crippen LogP) is 1.89. The van der Waals surface area contributed by atoms with Crippen LogP contribution in [0.25, 0.3) is 0 Å². The van der Waals surface area contributed by atoms with Gasteiger partial charge in [0.1, 0.15) is 0 Å². The molecule has 0 aliphatic heterocycles. The highest BCUT2D eigenvalue weighted by molar-refractivity contribution is 6.31. The Bertz CT molecular complexity index is 424. The molecule has 0 aliphatic rings. The number of halogens is 1. The van der Waals surface area contributed by atoms with Crippen LogP contribution in [-0.4, -0.2) is 32.2 Å². The maximum Gasteiger partial charge on any atom is 0.236 e. The van der Waals surface area contributed by atoms with Crippen LogP contribution in [0.4, 0.5) is 0 Å². The first-order valence-corrected chi connectivity index (χ1v) is 6.67. The van der Waals surface area contributed by atoms with Crippen molar-refractivity contribution in [3.8, 4) is 0 Å². The summed E-state index contributed by atoms with van der Waals surface area (Å²) in [6, 6.07) is 5.64. The first kappa shape index (κ1) is 16.0. The summed E-state index contributed by atoms with van der Waals surface area (Å²) in [5.41, 5.74) is 2.11. The molecule has 0 fully saturated rings. The molecule has 4 nitrogen and oxygen atoms in total. The number of hydrogen-bond donors (Lipinski definition) is 2. The lowest BCUT2D eigenvalue weighted by Crippen LogP contribution is -2.42. The standard InChI is InChI=1S/C14H21ClN2O2/c1-10-4-5-12(8-13(10)15)9-17-11(2)14(18)16-6-7-19-3/h4-5,8,11,17H,6-7,9H2,1-3H3,(H,16,18). The van der Waals surface area contributed by atoms with Gasteiger partial charge in [-0.3, -0.25) is 4.79 Å². The largest absolute Gasteiger partial charge is 0.383 e. The van der Waals surface area contributed by atoms with Crippen LogP contribution in [0.15, 0.2) is 18.2 Å². The van der Waals surface area contributed by atoms with E-state index in [9.17, 15) is 4.79 Å². The zero-order chi connectivity index (χ0) is 14.3. The van der Waals surface area contributed by atoms with Crippen molar-refractivity contribution in [2.75, 3.05) is 20.3 Å². The van der Waals surface area contributed by atoms with Gasteiger partial charge in [-0.05, 0) is 31.0 Å². The van der Waals surface area contributed by atoms with Crippen molar-refractivity contribution in [2.24, 2.45) is 0 Å². The van der Waals surface area contributed by atoms with Gasteiger partial charge in [-0.25, -0.2) is 0 Å². The third-order valence-electron chi connectivity index (χ3n) is 2.85. The minimum Gasteiger partial charge on any atom is -0.383 e. The van der Waals surface area contributed by atoms with Crippen LogP contribution in [0.1, 0.15) is 18.1 Å². The Morgan fingerprint density at radius 2 is 2.21 bits per heavy atom. The number of nitrogens with one attached hydrogen (secondary N) is 2. The maximum atomic E-state index is 11.7. The van der Waals surface area contributed by atoms with Crippen molar-refractivity contribution in [3.05, 3.63) is 34.3 Å². The third kappa shape index (κ3) is 5.59. The number of amides is 1. The Morgan fingerprint density at radius 1 is 1.47 bits per heavy atom. The van der Waals surface area contributed by atoms with Crippen LogP contribution in [0, 0.1) is 6.92 Å². The molecule has 106 valence electrons. The first-order chi connectivity index (χ1) is 9.04. The topological polar surface area (TPSA) is 50.4 Å². The van der Waals surface area contributed by atoms with Gasteiger partial charge in [-0.1, -0.05) is 23.7 Å². The van der Waals surface area contributed by atoms with Gasteiger partial charge in [0.15, 0.2) is 0 Å². The zero-order valence-electron chi connectivity index (χ0n) is 11.6. The summed E-state index contributed by atoms with van der Waals surface area (Å²) in [7, 11) is 1.61. The highest BCUT2D eigenvalue weighted by atomic mass is 35.5. The molecule has 0 heterocycles. The van der Waals surface area contributed by atoms with Crippen molar-refractivity contribution in [1.82, 2.24) is 10.6 Å². The summed E-state index contributed by atoms with van der Waals surface area (Å²) >= 11 is 6.06. The lowest BCUT2D eigenvalue weighted by Gasteiger charge is -2.14. The van der Waals surface area contributed by atoms with E-state index in [2.05, 4.69) is 10.6 Å². The van der Waals surface area contributed by atoms with E-state index in [1.54, 1.807) is 7.11 Å². The lowest BCUT2D eigenvalue weighted by atomic mass is 10.1. The van der Waals surface area contributed by atoms with Gasteiger partial charge in [-0.2, -0.15) is 0 Å². The number of ether oxygens (including phenoxy) is 1. The summed E-state index contributed by atoms with van der Waals surface area (Å²) in [6.07, 6.45) is 0. The highest BCUT2D eigenvalue weighted by Crippen LogP contribution is 2.16. The summed E-state index contributed by atoms with van der Waals surface area (Å²) in [5.74, 6) is -0.0322. The summed E-state index contributed by atoms with van der Waals surface area (Å²) < 4.78 is 4.88. The Balaban J connectivity index is 2.38. The van der Waals surface area contributed by atoms with Crippen LogP contribution >= 0.6 is 11.6 Å². The predicted molar refractivity (Wildman–Crippen MR) is 77.4 cm³/mol. The Kier molecular flexibility index (Phi) is 6.84. The van der Waals surface area contributed by atoms with Gasteiger partial charge < -0.3 is 15.4 Å². The van der Waals surface area contributed by atoms with Gasteiger partial charge >= 0.3 is 0 Å². The van der Waals surface area contributed by atoms with Crippen molar-refractivity contribution in [3.63, 3.8) is 0 Å². The number of rotatable bonds is 7. The Labute approximate surface area is 119 Å². The molecule has 0 aliphatic carbocycles. The van der Waals surface area contributed by atoms with Crippen LogP contribution in [0.3, 0.4) is 0 Å². The summed E-state index contributed by atoms with van der Waals surface area (Å²) in [6.45, 7) is 5.45. The molecule has 0 radical (unpaired) electrons.